The van der Waals surface area contributed by atoms with Crippen LogP contribution in [0.25, 0.3) is 10.2 Å². The standard InChI is InChI=1S/C20H25F3N4OS/c1-25-8-10-26(11-9-25)18(28)12-14-4-6-27(7-5-14)19-24-16-13-15(20(21,22)23)2-3-17(16)29-19/h2-3,13-14H,4-12H2,1H3. The Morgan fingerprint density at radius 1 is 1.14 bits per heavy atom. The van der Waals surface area contributed by atoms with Crippen molar-refractivity contribution in [1.29, 1.82) is 0 Å². The fourth-order valence-electron chi connectivity index (χ4n) is 3.99. The van der Waals surface area contributed by atoms with E-state index in [0.29, 0.717) is 17.9 Å². The van der Waals surface area contributed by atoms with Crippen LogP contribution in [-0.4, -0.2) is 67.0 Å². The molecule has 9 heteroatoms. The maximum Gasteiger partial charge on any atom is 0.416 e. The Balaban J connectivity index is 1.34. The van der Waals surface area contributed by atoms with Crippen molar-refractivity contribution in [3.8, 4) is 0 Å². The Morgan fingerprint density at radius 3 is 2.48 bits per heavy atom. The molecule has 0 bridgehead atoms. The molecule has 158 valence electrons. The van der Waals surface area contributed by atoms with Crippen LogP contribution in [0.3, 0.4) is 0 Å². The molecule has 4 rings (SSSR count). The van der Waals surface area contributed by atoms with Crippen molar-refractivity contribution in [2.24, 2.45) is 5.92 Å². The lowest BCUT2D eigenvalue weighted by Crippen LogP contribution is -2.47. The quantitative estimate of drug-likeness (QED) is 0.751. The van der Waals surface area contributed by atoms with Gasteiger partial charge in [-0.1, -0.05) is 11.3 Å². The second-order valence-corrected chi connectivity index (χ2v) is 9.00. The number of nitrogens with zero attached hydrogens (tertiary/aromatic N) is 4. The molecule has 0 spiro atoms. The molecule has 1 amide bonds. The fourth-order valence-corrected chi connectivity index (χ4v) is 4.98. The number of hydrogen-bond donors (Lipinski definition) is 0. The average Bonchev–Trinajstić information content (AvgIpc) is 3.11. The molecule has 2 aliphatic rings. The van der Waals surface area contributed by atoms with E-state index in [-0.39, 0.29) is 5.91 Å². The van der Waals surface area contributed by atoms with Crippen LogP contribution >= 0.6 is 11.3 Å². The van der Waals surface area contributed by atoms with E-state index in [1.807, 2.05) is 4.90 Å². The van der Waals surface area contributed by atoms with E-state index < -0.39 is 11.7 Å². The molecule has 1 aromatic heterocycles. The zero-order chi connectivity index (χ0) is 20.6. The summed E-state index contributed by atoms with van der Waals surface area (Å²) in [5.41, 5.74) is -0.268. The number of thiazole rings is 1. The molecular formula is C20H25F3N4OS. The molecule has 2 saturated heterocycles. The normalized spacial score (nSPS) is 19.9. The number of anilines is 1. The van der Waals surface area contributed by atoms with Gasteiger partial charge in [-0.2, -0.15) is 13.2 Å². The number of piperidine rings is 1. The molecule has 0 atom stereocenters. The Morgan fingerprint density at radius 2 is 1.83 bits per heavy atom. The van der Waals surface area contributed by atoms with Crippen molar-refractivity contribution >= 4 is 32.6 Å². The van der Waals surface area contributed by atoms with Gasteiger partial charge in [0.1, 0.15) is 0 Å². The number of halogens is 3. The van der Waals surface area contributed by atoms with Gasteiger partial charge in [0.15, 0.2) is 5.13 Å². The van der Waals surface area contributed by atoms with Crippen molar-refractivity contribution in [3.63, 3.8) is 0 Å². The molecule has 0 unspecified atom stereocenters. The van der Waals surface area contributed by atoms with E-state index in [1.165, 1.54) is 17.4 Å². The topological polar surface area (TPSA) is 39.7 Å². The lowest BCUT2D eigenvalue weighted by molar-refractivity contribution is -0.137. The highest BCUT2D eigenvalue weighted by atomic mass is 32.1. The maximum atomic E-state index is 12.9. The number of carbonyl (C=O) groups excluding carboxylic acids is 1. The zero-order valence-electron chi connectivity index (χ0n) is 16.4. The van der Waals surface area contributed by atoms with E-state index in [0.717, 1.165) is 74.1 Å². The van der Waals surface area contributed by atoms with Gasteiger partial charge in [0.25, 0.3) is 0 Å². The lowest BCUT2D eigenvalue weighted by atomic mass is 9.93. The minimum atomic E-state index is -4.35. The molecule has 3 heterocycles. The van der Waals surface area contributed by atoms with E-state index in [4.69, 9.17) is 0 Å². The van der Waals surface area contributed by atoms with Gasteiger partial charge in [-0.05, 0) is 44.0 Å². The smallest absolute Gasteiger partial charge is 0.348 e. The molecule has 0 N–H and O–H groups in total. The second kappa shape index (κ2) is 8.10. The van der Waals surface area contributed by atoms with Crippen molar-refractivity contribution in [2.45, 2.75) is 25.4 Å². The summed E-state index contributed by atoms with van der Waals surface area (Å²) in [5.74, 6) is 0.612. The van der Waals surface area contributed by atoms with Crippen LogP contribution in [0.4, 0.5) is 18.3 Å². The summed E-state index contributed by atoms with van der Waals surface area (Å²) in [5, 5.41) is 0.767. The SMILES string of the molecule is CN1CCN(C(=O)CC2CCN(c3nc4cc(C(F)(F)F)ccc4s3)CC2)CC1. The molecule has 0 radical (unpaired) electrons. The van der Waals surface area contributed by atoms with Crippen molar-refractivity contribution in [2.75, 3.05) is 51.2 Å². The summed E-state index contributed by atoms with van der Waals surface area (Å²) < 4.78 is 39.5. The third-order valence-electron chi connectivity index (χ3n) is 5.91. The number of rotatable bonds is 3. The number of fused-ring (bicyclic) bond motifs is 1. The van der Waals surface area contributed by atoms with Gasteiger partial charge in [-0.25, -0.2) is 4.98 Å². The van der Waals surface area contributed by atoms with Crippen molar-refractivity contribution in [1.82, 2.24) is 14.8 Å². The first-order chi connectivity index (χ1) is 13.8. The van der Waals surface area contributed by atoms with Gasteiger partial charge >= 0.3 is 6.18 Å². The van der Waals surface area contributed by atoms with Crippen LogP contribution in [0.2, 0.25) is 0 Å². The summed E-state index contributed by atoms with van der Waals surface area (Å²) in [6.45, 7) is 5.04. The number of amides is 1. The number of alkyl halides is 3. The van der Waals surface area contributed by atoms with Crippen LogP contribution < -0.4 is 4.90 Å². The average molecular weight is 427 g/mol. The third-order valence-corrected chi connectivity index (χ3v) is 7.01. The monoisotopic (exact) mass is 426 g/mol. The minimum Gasteiger partial charge on any atom is -0.348 e. The van der Waals surface area contributed by atoms with E-state index in [1.54, 1.807) is 0 Å². The molecule has 2 aliphatic heterocycles. The molecule has 2 aromatic rings. The first-order valence-corrected chi connectivity index (χ1v) is 10.8. The number of carbonyl (C=O) groups is 1. The lowest BCUT2D eigenvalue weighted by Gasteiger charge is -2.35. The van der Waals surface area contributed by atoms with E-state index in [9.17, 15) is 18.0 Å². The molecule has 1 aromatic carbocycles. The molecular weight excluding hydrogens is 401 g/mol. The summed E-state index contributed by atoms with van der Waals surface area (Å²) in [7, 11) is 2.07. The minimum absolute atomic E-state index is 0.246. The predicted molar refractivity (Wildman–Crippen MR) is 108 cm³/mol. The zero-order valence-corrected chi connectivity index (χ0v) is 17.2. The van der Waals surface area contributed by atoms with Gasteiger partial charge in [-0.15, -0.1) is 0 Å². The van der Waals surface area contributed by atoms with Crippen molar-refractivity contribution < 1.29 is 18.0 Å². The van der Waals surface area contributed by atoms with Crippen molar-refractivity contribution in [3.05, 3.63) is 23.8 Å². The number of hydrogen-bond acceptors (Lipinski definition) is 5. The summed E-state index contributed by atoms with van der Waals surface area (Å²) in [6, 6.07) is 3.73. The molecule has 0 saturated carbocycles. The maximum absolute atomic E-state index is 12.9. The molecule has 2 fully saturated rings. The number of likely N-dealkylation sites (N-methyl/N-ethyl adjacent to an activating group) is 1. The first kappa shape index (κ1) is 20.4. The van der Waals surface area contributed by atoms with Crippen LogP contribution in [0.5, 0.6) is 0 Å². The molecule has 5 nitrogen and oxygen atoms in total. The highest BCUT2D eigenvalue weighted by molar-refractivity contribution is 7.22. The number of aromatic nitrogens is 1. The van der Waals surface area contributed by atoms with Gasteiger partial charge in [0, 0.05) is 45.7 Å². The van der Waals surface area contributed by atoms with Crippen LogP contribution in [-0.2, 0) is 11.0 Å². The van der Waals surface area contributed by atoms with Gasteiger partial charge in [0.2, 0.25) is 5.91 Å². The highest BCUT2D eigenvalue weighted by Gasteiger charge is 2.31. The largest absolute Gasteiger partial charge is 0.416 e. The van der Waals surface area contributed by atoms with Gasteiger partial charge in [0.05, 0.1) is 15.8 Å². The van der Waals surface area contributed by atoms with E-state index >= 15 is 0 Å². The molecule has 0 aliphatic carbocycles. The van der Waals surface area contributed by atoms with Crippen LogP contribution in [0, 0.1) is 5.92 Å². The summed E-state index contributed by atoms with van der Waals surface area (Å²) in [6.07, 6.45) is -1.95. The Labute approximate surface area is 172 Å². The first-order valence-electron chi connectivity index (χ1n) is 9.98. The summed E-state index contributed by atoms with van der Waals surface area (Å²) in [4.78, 5) is 23.3. The fraction of sp³-hybridized carbons (Fsp3) is 0.600. The Kier molecular flexibility index (Phi) is 5.70. The van der Waals surface area contributed by atoms with Gasteiger partial charge < -0.3 is 14.7 Å². The van der Waals surface area contributed by atoms with Gasteiger partial charge in [-0.3, -0.25) is 4.79 Å². The summed E-state index contributed by atoms with van der Waals surface area (Å²) >= 11 is 1.43. The highest BCUT2D eigenvalue weighted by Crippen LogP contribution is 2.36. The van der Waals surface area contributed by atoms with E-state index in [2.05, 4.69) is 21.8 Å². The Bertz CT molecular complexity index is 868. The van der Waals surface area contributed by atoms with Crippen LogP contribution in [0.15, 0.2) is 18.2 Å². The second-order valence-electron chi connectivity index (χ2n) is 8.00. The Hall–Kier alpha value is -1.87. The number of piperazine rings is 1. The van der Waals surface area contributed by atoms with Crippen LogP contribution in [0.1, 0.15) is 24.8 Å². The number of benzene rings is 1. The third kappa shape index (κ3) is 4.66. The predicted octanol–water partition coefficient (Wildman–Crippen LogP) is 3.70. The molecule has 29 heavy (non-hydrogen) atoms.